The molecule has 62 valence electrons. The summed E-state index contributed by atoms with van der Waals surface area (Å²) >= 11 is 0. The lowest BCUT2D eigenvalue weighted by molar-refractivity contribution is 0.157. The van der Waals surface area contributed by atoms with Gasteiger partial charge in [-0.3, -0.25) is 0 Å². The summed E-state index contributed by atoms with van der Waals surface area (Å²) in [5.74, 6) is 0.303. The van der Waals surface area contributed by atoms with Crippen molar-refractivity contribution in [1.82, 2.24) is 0 Å². The van der Waals surface area contributed by atoms with Gasteiger partial charge in [-0.1, -0.05) is 11.6 Å². The van der Waals surface area contributed by atoms with Gasteiger partial charge in [0.05, 0.1) is 11.8 Å². The second-order valence-corrected chi connectivity index (χ2v) is 3.27. The molecule has 0 aromatic rings. The summed E-state index contributed by atoms with van der Waals surface area (Å²) < 4.78 is 0. The third-order valence-electron chi connectivity index (χ3n) is 2.54. The molecule has 1 heterocycles. The standard InChI is InChI=1S/C8H13NO2/c10-8-3-1-2-6(8)7-4-5-11-9-7/h6,8,10H,1-5H2. The highest BCUT2D eigenvalue weighted by atomic mass is 16.6. The van der Waals surface area contributed by atoms with Gasteiger partial charge < -0.3 is 9.94 Å². The van der Waals surface area contributed by atoms with Gasteiger partial charge in [-0.15, -0.1) is 0 Å². The summed E-state index contributed by atoms with van der Waals surface area (Å²) in [5.41, 5.74) is 1.08. The van der Waals surface area contributed by atoms with Crippen LogP contribution in [0.3, 0.4) is 0 Å². The first-order chi connectivity index (χ1) is 5.38. The van der Waals surface area contributed by atoms with E-state index < -0.39 is 0 Å². The SMILES string of the molecule is OC1CCCC1C1=NOCC1. The van der Waals surface area contributed by atoms with Gasteiger partial charge in [0.1, 0.15) is 6.61 Å². The van der Waals surface area contributed by atoms with Crippen LogP contribution in [0.5, 0.6) is 0 Å². The van der Waals surface area contributed by atoms with Gasteiger partial charge in [0.15, 0.2) is 0 Å². The lowest BCUT2D eigenvalue weighted by Gasteiger charge is -2.11. The quantitative estimate of drug-likeness (QED) is 0.612. The van der Waals surface area contributed by atoms with Crippen molar-refractivity contribution in [2.24, 2.45) is 11.1 Å². The Balaban J connectivity index is 2.03. The van der Waals surface area contributed by atoms with Crippen LogP contribution < -0.4 is 0 Å². The molecule has 3 heteroatoms. The number of nitrogens with zero attached hydrogens (tertiary/aromatic N) is 1. The van der Waals surface area contributed by atoms with Gasteiger partial charge in [0.2, 0.25) is 0 Å². The fourth-order valence-electron chi connectivity index (χ4n) is 1.91. The molecule has 0 saturated heterocycles. The molecule has 2 atom stereocenters. The molecular weight excluding hydrogens is 142 g/mol. The molecule has 0 aromatic carbocycles. The summed E-state index contributed by atoms with van der Waals surface area (Å²) in [6.07, 6.45) is 3.91. The van der Waals surface area contributed by atoms with E-state index >= 15 is 0 Å². The Kier molecular flexibility index (Phi) is 1.82. The van der Waals surface area contributed by atoms with Crippen LogP contribution in [-0.4, -0.2) is 23.5 Å². The summed E-state index contributed by atoms with van der Waals surface area (Å²) in [6.45, 7) is 0.707. The van der Waals surface area contributed by atoms with Gasteiger partial charge in [-0.2, -0.15) is 0 Å². The summed E-state index contributed by atoms with van der Waals surface area (Å²) in [5, 5.41) is 13.4. The Bertz CT molecular complexity index is 179. The molecule has 1 fully saturated rings. The maximum atomic E-state index is 9.51. The Morgan fingerprint density at radius 1 is 1.45 bits per heavy atom. The van der Waals surface area contributed by atoms with Crippen LogP contribution in [0, 0.1) is 5.92 Å². The van der Waals surface area contributed by atoms with Gasteiger partial charge in [0.25, 0.3) is 0 Å². The first-order valence-corrected chi connectivity index (χ1v) is 4.25. The highest BCUT2D eigenvalue weighted by Gasteiger charge is 2.31. The molecule has 3 nitrogen and oxygen atoms in total. The van der Waals surface area contributed by atoms with Crippen molar-refractivity contribution in [2.45, 2.75) is 31.8 Å². The minimum absolute atomic E-state index is 0.157. The highest BCUT2D eigenvalue weighted by molar-refractivity contribution is 5.88. The van der Waals surface area contributed by atoms with Crippen molar-refractivity contribution in [1.29, 1.82) is 0 Å². The monoisotopic (exact) mass is 155 g/mol. The topological polar surface area (TPSA) is 41.8 Å². The average Bonchev–Trinajstić information content (AvgIpc) is 2.55. The van der Waals surface area contributed by atoms with E-state index in [-0.39, 0.29) is 6.10 Å². The molecule has 1 N–H and O–H groups in total. The third kappa shape index (κ3) is 1.25. The molecule has 1 saturated carbocycles. The van der Waals surface area contributed by atoms with Crippen LogP contribution in [0.1, 0.15) is 25.7 Å². The predicted octanol–water partition coefficient (Wildman–Crippen LogP) is 0.924. The molecule has 1 aliphatic carbocycles. The Labute approximate surface area is 66.0 Å². The van der Waals surface area contributed by atoms with Crippen LogP contribution >= 0.6 is 0 Å². The molecule has 0 spiro atoms. The second-order valence-electron chi connectivity index (χ2n) is 3.27. The number of rotatable bonds is 1. The Morgan fingerprint density at radius 2 is 2.36 bits per heavy atom. The molecule has 11 heavy (non-hydrogen) atoms. The zero-order valence-electron chi connectivity index (χ0n) is 6.49. The number of aliphatic hydroxyl groups is 1. The van der Waals surface area contributed by atoms with E-state index in [1.54, 1.807) is 0 Å². The molecule has 2 aliphatic rings. The van der Waals surface area contributed by atoms with E-state index in [9.17, 15) is 5.11 Å². The zero-order valence-corrected chi connectivity index (χ0v) is 6.49. The van der Waals surface area contributed by atoms with Crippen molar-refractivity contribution >= 4 is 5.71 Å². The summed E-state index contributed by atoms with van der Waals surface area (Å²) in [7, 11) is 0. The van der Waals surface area contributed by atoms with Gasteiger partial charge >= 0.3 is 0 Å². The van der Waals surface area contributed by atoms with Crippen LogP contribution in [0.15, 0.2) is 5.16 Å². The Hall–Kier alpha value is -0.570. The minimum atomic E-state index is -0.157. The third-order valence-corrected chi connectivity index (χ3v) is 2.54. The van der Waals surface area contributed by atoms with E-state index in [0.29, 0.717) is 12.5 Å². The van der Waals surface area contributed by atoms with Crippen molar-refractivity contribution in [2.75, 3.05) is 6.61 Å². The van der Waals surface area contributed by atoms with Crippen LogP contribution in [0.2, 0.25) is 0 Å². The summed E-state index contributed by atoms with van der Waals surface area (Å²) in [6, 6.07) is 0. The largest absolute Gasteiger partial charge is 0.395 e. The zero-order chi connectivity index (χ0) is 7.68. The van der Waals surface area contributed by atoms with E-state index in [1.165, 1.54) is 0 Å². The second kappa shape index (κ2) is 2.81. The maximum Gasteiger partial charge on any atom is 0.122 e. The van der Waals surface area contributed by atoms with E-state index in [1.807, 2.05) is 0 Å². The smallest absolute Gasteiger partial charge is 0.122 e. The van der Waals surface area contributed by atoms with Crippen molar-refractivity contribution in [3.63, 3.8) is 0 Å². The number of aliphatic hydroxyl groups excluding tert-OH is 1. The normalized spacial score (nSPS) is 37.0. The van der Waals surface area contributed by atoms with Gasteiger partial charge in [-0.25, -0.2) is 0 Å². The van der Waals surface area contributed by atoms with Crippen molar-refractivity contribution < 1.29 is 9.94 Å². The van der Waals surface area contributed by atoms with Crippen molar-refractivity contribution in [3.05, 3.63) is 0 Å². The fraction of sp³-hybridized carbons (Fsp3) is 0.875. The average molecular weight is 155 g/mol. The number of hydrogen-bond donors (Lipinski definition) is 1. The molecule has 0 aromatic heterocycles. The Morgan fingerprint density at radius 3 is 2.91 bits per heavy atom. The molecule has 0 amide bonds. The molecule has 0 bridgehead atoms. The number of oxime groups is 1. The van der Waals surface area contributed by atoms with Crippen LogP contribution in [0.25, 0.3) is 0 Å². The first-order valence-electron chi connectivity index (χ1n) is 4.25. The fourth-order valence-corrected chi connectivity index (χ4v) is 1.91. The maximum absolute atomic E-state index is 9.51. The summed E-state index contributed by atoms with van der Waals surface area (Å²) in [4.78, 5) is 4.89. The van der Waals surface area contributed by atoms with E-state index in [0.717, 1.165) is 31.4 Å². The van der Waals surface area contributed by atoms with Crippen LogP contribution in [-0.2, 0) is 4.84 Å². The lowest BCUT2D eigenvalue weighted by atomic mass is 9.98. The van der Waals surface area contributed by atoms with Crippen LogP contribution in [0.4, 0.5) is 0 Å². The predicted molar refractivity (Wildman–Crippen MR) is 41.4 cm³/mol. The van der Waals surface area contributed by atoms with E-state index in [2.05, 4.69) is 5.16 Å². The minimum Gasteiger partial charge on any atom is -0.395 e. The first kappa shape index (κ1) is 7.10. The van der Waals surface area contributed by atoms with Gasteiger partial charge in [-0.05, 0) is 12.8 Å². The van der Waals surface area contributed by atoms with Gasteiger partial charge in [0, 0.05) is 12.3 Å². The number of hydrogen-bond acceptors (Lipinski definition) is 3. The molecule has 0 radical (unpaired) electrons. The molecular formula is C8H13NO2. The molecule has 2 rings (SSSR count). The highest BCUT2D eigenvalue weighted by Crippen LogP contribution is 2.29. The van der Waals surface area contributed by atoms with E-state index in [4.69, 9.17) is 4.84 Å². The molecule has 1 aliphatic heterocycles. The lowest BCUT2D eigenvalue weighted by Crippen LogP contribution is -2.21. The molecule has 2 unspecified atom stereocenters. The van der Waals surface area contributed by atoms with Crippen molar-refractivity contribution in [3.8, 4) is 0 Å².